The van der Waals surface area contributed by atoms with Gasteiger partial charge in [-0.05, 0) is 30.5 Å². The van der Waals surface area contributed by atoms with Crippen LogP contribution in [0.5, 0.6) is 0 Å². The normalized spacial score (nSPS) is 14.1. The van der Waals surface area contributed by atoms with E-state index < -0.39 is 9.84 Å². The van der Waals surface area contributed by atoms with Crippen molar-refractivity contribution in [2.75, 3.05) is 18.6 Å². The molecule has 0 fully saturated rings. The molecule has 1 unspecified atom stereocenters. The Hall–Kier alpha value is -0.390. The van der Waals surface area contributed by atoms with Crippen LogP contribution in [-0.2, 0) is 9.84 Å². The Morgan fingerprint density at radius 3 is 2.60 bits per heavy atom. The number of aryl methyl sites for hydroxylation is 1. The maximum Gasteiger partial charge on any atom is 0.149 e. The Morgan fingerprint density at radius 1 is 1.53 bits per heavy atom. The van der Waals surface area contributed by atoms with Crippen molar-refractivity contribution >= 4 is 21.2 Å². The molecule has 0 spiro atoms. The fraction of sp³-hybridized carbons (Fsp3) is 0.600. The van der Waals surface area contributed by atoms with Crippen LogP contribution >= 0.6 is 11.3 Å². The Bertz CT molecular complexity index is 409. The summed E-state index contributed by atoms with van der Waals surface area (Å²) in [5, 5.41) is 5.21. The van der Waals surface area contributed by atoms with Crippen LogP contribution in [0.15, 0.2) is 11.4 Å². The summed E-state index contributed by atoms with van der Waals surface area (Å²) < 4.78 is 22.6. The van der Waals surface area contributed by atoms with Crippen LogP contribution in [0.2, 0.25) is 0 Å². The van der Waals surface area contributed by atoms with E-state index >= 15 is 0 Å². The van der Waals surface area contributed by atoms with Gasteiger partial charge in [-0.15, -0.1) is 11.3 Å². The van der Waals surface area contributed by atoms with E-state index in [0.717, 1.165) is 12.1 Å². The molecule has 5 heteroatoms. The van der Waals surface area contributed by atoms with Gasteiger partial charge in [-0.3, -0.25) is 0 Å². The molecule has 1 rings (SSSR count). The fourth-order valence-corrected chi connectivity index (χ4v) is 3.23. The van der Waals surface area contributed by atoms with Crippen LogP contribution in [0, 0.1) is 6.92 Å². The van der Waals surface area contributed by atoms with E-state index in [1.165, 1.54) is 11.1 Å². The average molecular weight is 247 g/mol. The minimum absolute atomic E-state index is 0.0729. The van der Waals surface area contributed by atoms with Crippen LogP contribution in [0.3, 0.4) is 0 Å². The molecule has 0 aliphatic carbocycles. The zero-order chi connectivity index (χ0) is 11.5. The van der Waals surface area contributed by atoms with Crippen molar-refractivity contribution in [1.29, 1.82) is 0 Å². The summed E-state index contributed by atoms with van der Waals surface area (Å²) in [6.45, 7) is 4.78. The van der Waals surface area contributed by atoms with Gasteiger partial charge in [0.05, 0.1) is 5.75 Å². The predicted octanol–water partition coefficient (Wildman–Crippen LogP) is 1.75. The predicted molar refractivity (Wildman–Crippen MR) is 65.2 cm³/mol. The van der Waals surface area contributed by atoms with Gasteiger partial charge in [-0.2, -0.15) is 0 Å². The van der Waals surface area contributed by atoms with Gasteiger partial charge in [0, 0.05) is 17.2 Å². The first-order valence-electron chi connectivity index (χ1n) is 4.89. The van der Waals surface area contributed by atoms with E-state index in [9.17, 15) is 8.42 Å². The van der Waals surface area contributed by atoms with Gasteiger partial charge < -0.3 is 5.32 Å². The number of thiophene rings is 1. The maximum absolute atomic E-state index is 11.3. The second-order valence-corrected chi connectivity index (χ2v) is 6.94. The highest BCUT2D eigenvalue weighted by atomic mass is 32.2. The second kappa shape index (κ2) is 5.09. The monoisotopic (exact) mass is 247 g/mol. The van der Waals surface area contributed by atoms with Crippen LogP contribution in [0.1, 0.15) is 23.4 Å². The first-order chi connectivity index (χ1) is 6.94. The van der Waals surface area contributed by atoms with Crippen LogP contribution in [0.25, 0.3) is 0 Å². The van der Waals surface area contributed by atoms with Crippen molar-refractivity contribution in [3.63, 3.8) is 0 Å². The molecule has 1 heterocycles. The number of nitrogens with one attached hydrogen (secondary N) is 1. The quantitative estimate of drug-likeness (QED) is 0.862. The standard InChI is InChI=1S/C10H17NO2S2/c1-4-11-10(7-15(3,12)13)9-5-6-14-8(9)2/h5-6,10-11H,4,7H2,1-3H3. The third-order valence-electron chi connectivity index (χ3n) is 2.19. The summed E-state index contributed by atoms with van der Waals surface area (Å²) in [6, 6.07) is 1.93. The smallest absolute Gasteiger partial charge is 0.149 e. The zero-order valence-electron chi connectivity index (χ0n) is 9.28. The number of hydrogen-bond acceptors (Lipinski definition) is 4. The third kappa shape index (κ3) is 3.93. The summed E-state index contributed by atoms with van der Waals surface area (Å²) in [4.78, 5) is 1.18. The van der Waals surface area contributed by atoms with Crippen LogP contribution in [0.4, 0.5) is 0 Å². The van der Waals surface area contributed by atoms with Gasteiger partial charge in [0.1, 0.15) is 9.84 Å². The molecule has 0 saturated heterocycles. The van der Waals surface area contributed by atoms with Crippen LogP contribution in [-0.4, -0.2) is 27.0 Å². The van der Waals surface area contributed by atoms with Crippen molar-refractivity contribution in [2.24, 2.45) is 0 Å². The summed E-state index contributed by atoms with van der Waals surface area (Å²) in [5.41, 5.74) is 1.10. The Kier molecular flexibility index (Phi) is 4.31. The molecular weight excluding hydrogens is 230 g/mol. The average Bonchev–Trinajstić information content (AvgIpc) is 2.48. The Balaban J connectivity index is 2.88. The molecule has 0 aliphatic heterocycles. The molecule has 1 aromatic heterocycles. The van der Waals surface area contributed by atoms with Gasteiger partial charge in [-0.1, -0.05) is 6.92 Å². The summed E-state index contributed by atoms with van der Waals surface area (Å²) in [6.07, 6.45) is 1.28. The third-order valence-corrected chi connectivity index (χ3v) is 3.99. The van der Waals surface area contributed by atoms with Gasteiger partial charge in [0.25, 0.3) is 0 Å². The molecule has 0 radical (unpaired) electrons. The Labute approximate surface area is 95.4 Å². The highest BCUT2D eigenvalue weighted by Gasteiger charge is 2.18. The second-order valence-electron chi connectivity index (χ2n) is 3.63. The first-order valence-corrected chi connectivity index (χ1v) is 7.83. The largest absolute Gasteiger partial charge is 0.309 e. The van der Waals surface area contributed by atoms with Gasteiger partial charge >= 0.3 is 0 Å². The highest BCUT2D eigenvalue weighted by molar-refractivity contribution is 7.90. The van der Waals surface area contributed by atoms with E-state index in [4.69, 9.17) is 0 Å². The van der Waals surface area contributed by atoms with Crippen molar-refractivity contribution in [1.82, 2.24) is 5.32 Å². The maximum atomic E-state index is 11.3. The summed E-state index contributed by atoms with van der Waals surface area (Å²) in [5.74, 6) is 0.165. The summed E-state index contributed by atoms with van der Waals surface area (Å²) in [7, 11) is -2.95. The molecule has 0 amide bonds. The number of rotatable bonds is 5. The van der Waals surface area contributed by atoms with E-state index in [1.54, 1.807) is 11.3 Å². The lowest BCUT2D eigenvalue weighted by Crippen LogP contribution is -2.27. The molecule has 1 aromatic rings. The molecular formula is C10H17NO2S2. The van der Waals surface area contributed by atoms with E-state index in [0.29, 0.717) is 0 Å². The molecule has 0 aromatic carbocycles. The Morgan fingerprint density at radius 2 is 2.20 bits per heavy atom. The van der Waals surface area contributed by atoms with Gasteiger partial charge in [-0.25, -0.2) is 8.42 Å². The molecule has 3 nitrogen and oxygen atoms in total. The zero-order valence-corrected chi connectivity index (χ0v) is 10.9. The molecule has 1 N–H and O–H groups in total. The lowest BCUT2D eigenvalue weighted by Gasteiger charge is -2.16. The minimum atomic E-state index is -2.95. The number of hydrogen-bond donors (Lipinski definition) is 1. The van der Waals surface area contributed by atoms with Crippen molar-refractivity contribution in [2.45, 2.75) is 19.9 Å². The van der Waals surface area contributed by atoms with Crippen molar-refractivity contribution in [3.8, 4) is 0 Å². The number of sulfone groups is 1. The topological polar surface area (TPSA) is 46.2 Å². The van der Waals surface area contributed by atoms with E-state index in [-0.39, 0.29) is 11.8 Å². The van der Waals surface area contributed by atoms with Gasteiger partial charge in [0.2, 0.25) is 0 Å². The van der Waals surface area contributed by atoms with Gasteiger partial charge in [0.15, 0.2) is 0 Å². The molecule has 0 saturated carbocycles. The van der Waals surface area contributed by atoms with E-state index in [2.05, 4.69) is 5.32 Å². The van der Waals surface area contributed by atoms with Crippen LogP contribution < -0.4 is 5.32 Å². The van der Waals surface area contributed by atoms with Crippen molar-refractivity contribution in [3.05, 3.63) is 21.9 Å². The first kappa shape index (κ1) is 12.7. The molecule has 0 bridgehead atoms. The SMILES string of the molecule is CCNC(CS(C)(=O)=O)c1ccsc1C. The van der Waals surface area contributed by atoms with Crippen molar-refractivity contribution < 1.29 is 8.42 Å². The molecule has 15 heavy (non-hydrogen) atoms. The fourth-order valence-electron chi connectivity index (χ4n) is 1.56. The molecule has 0 aliphatic rings. The lowest BCUT2D eigenvalue weighted by atomic mass is 10.1. The summed E-state index contributed by atoms with van der Waals surface area (Å²) >= 11 is 1.65. The van der Waals surface area contributed by atoms with E-state index in [1.807, 2.05) is 25.3 Å². The lowest BCUT2D eigenvalue weighted by molar-refractivity contribution is 0.563. The minimum Gasteiger partial charge on any atom is -0.309 e. The molecule has 86 valence electrons. The highest BCUT2D eigenvalue weighted by Crippen LogP contribution is 2.23. The molecule has 1 atom stereocenters.